The van der Waals surface area contributed by atoms with Crippen molar-refractivity contribution in [1.82, 2.24) is 15.0 Å². The van der Waals surface area contributed by atoms with Gasteiger partial charge in [0.2, 0.25) is 0 Å². The third kappa shape index (κ3) is 3.28. The van der Waals surface area contributed by atoms with Gasteiger partial charge in [0.1, 0.15) is 11.6 Å². The van der Waals surface area contributed by atoms with Crippen molar-refractivity contribution in [3.63, 3.8) is 0 Å². The summed E-state index contributed by atoms with van der Waals surface area (Å²) in [5.41, 5.74) is 13.5. The molecule has 2 aromatic heterocycles. The summed E-state index contributed by atoms with van der Waals surface area (Å²) in [6.07, 6.45) is 0. The van der Waals surface area contributed by atoms with Crippen LogP contribution in [0, 0.1) is 13.8 Å². The number of anilines is 2. The van der Waals surface area contributed by atoms with Gasteiger partial charge in [0.25, 0.3) is 0 Å². The summed E-state index contributed by atoms with van der Waals surface area (Å²) in [6.45, 7) is 5.01. The number of nitrogen functional groups attached to an aromatic ring is 2. The van der Waals surface area contributed by atoms with Gasteiger partial charge in [-0.2, -0.15) is 0 Å². The van der Waals surface area contributed by atoms with E-state index in [9.17, 15) is 9.59 Å². The zero-order valence-electron chi connectivity index (χ0n) is 12.6. The van der Waals surface area contributed by atoms with E-state index < -0.39 is 0 Å². The summed E-state index contributed by atoms with van der Waals surface area (Å²) in [5, 5.41) is 0.346. The van der Waals surface area contributed by atoms with Gasteiger partial charge in [-0.15, -0.1) is 0 Å². The molecular formula is C14H17N5O2S. The maximum Gasteiger partial charge on any atom is 0.191 e. The predicted octanol–water partition coefficient (Wildman–Crippen LogP) is 1.76. The van der Waals surface area contributed by atoms with Crippen LogP contribution in [-0.2, 0) is 0 Å². The molecule has 0 saturated heterocycles. The minimum Gasteiger partial charge on any atom is -0.383 e. The maximum atomic E-state index is 12.3. The molecule has 0 amide bonds. The number of H-pyrrole nitrogens is 1. The van der Waals surface area contributed by atoms with Gasteiger partial charge in [0.05, 0.1) is 11.4 Å². The van der Waals surface area contributed by atoms with E-state index in [-0.39, 0.29) is 29.0 Å². The Kier molecular flexibility index (Phi) is 4.51. The van der Waals surface area contributed by atoms with E-state index in [1.165, 1.54) is 13.0 Å². The number of nitrogens with two attached hydrogens (primary N) is 2. The molecule has 8 heteroatoms. The Morgan fingerprint density at radius 1 is 1.23 bits per heavy atom. The van der Waals surface area contributed by atoms with Gasteiger partial charge < -0.3 is 16.5 Å². The van der Waals surface area contributed by atoms with Crippen molar-refractivity contribution in [3.05, 3.63) is 28.6 Å². The number of carbonyl (C=O) groups excluding carboxylic acids is 2. The van der Waals surface area contributed by atoms with Crippen LogP contribution in [0.25, 0.3) is 0 Å². The lowest BCUT2D eigenvalue weighted by molar-refractivity contribution is 0.101. The van der Waals surface area contributed by atoms with Crippen LogP contribution in [0.4, 0.5) is 11.6 Å². The van der Waals surface area contributed by atoms with Crippen molar-refractivity contribution in [1.29, 1.82) is 0 Å². The van der Waals surface area contributed by atoms with Crippen molar-refractivity contribution in [2.24, 2.45) is 0 Å². The van der Waals surface area contributed by atoms with E-state index in [0.29, 0.717) is 27.7 Å². The zero-order valence-corrected chi connectivity index (χ0v) is 13.4. The highest BCUT2D eigenvalue weighted by Crippen LogP contribution is 2.22. The molecule has 0 aliphatic rings. The molecule has 2 rings (SSSR count). The van der Waals surface area contributed by atoms with Gasteiger partial charge in [-0.1, -0.05) is 11.8 Å². The molecule has 116 valence electrons. The average molecular weight is 319 g/mol. The van der Waals surface area contributed by atoms with E-state index in [0.717, 1.165) is 11.8 Å². The second-order valence-electron chi connectivity index (χ2n) is 4.89. The van der Waals surface area contributed by atoms with Crippen LogP contribution >= 0.6 is 11.8 Å². The number of hydrogen-bond donors (Lipinski definition) is 3. The number of Topliss-reactive ketones (excluding diaryl/α,β-unsaturated/α-hetero) is 2. The molecule has 7 nitrogen and oxygen atoms in total. The van der Waals surface area contributed by atoms with Crippen LogP contribution < -0.4 is 11.5 Å². The van der Waals surface area contributed by atoms with Gasteiger partial charge in [-0.05, 0) is 26.3 Å². The molecule has 0 aromatic carbocycles. The number of aromatic amines is 1. The highest BCUT2D eigenvalue weighted by atomic mass is 32.2. The van der Waals surface area contributed by atoms with Crippen LogP contribution in [0.3, 0.4) is 0 Å². The summed E-state index contributed by atoms with van der Waals surface area (Å²) in [4.78, 5) is 34.9. The lowest BCUT2D eigenvalue weighted by atomic mass is 10.1. The van der Waals surface area contributed by atoms with Gasteiger partial charge in [-0.3, -0.25) is 9.59 Å². The summed E-state index contributed by atoms with van der Waals surface area (Å²) in [6, 6.07) is 1.45. The Morgan fingerprint density at radius 2 is 1.82 bits per heavy atom. The summed E-state index contributed by atoms with van der Waals surface area (Å²) >= 11 is 1.15. The molecule has 5 N–H and O–H groups in total. The molecule has 0 fully saturated rings. The van der Waals surface area contributed by atoms with Crippen molar-refractivity contribution in [2.75, 3.05) is 17.2 Å². The van der Waals surface area contributed by atoms with Crippen molar-refractivity contribution >= 4 is 35.0 Å². The first-order valence-electron chi connectivity index (χ1n) is 6.55. The minimum absolute atomic E-state index is 0.0649. The standard InChI is InChI=1S/C14H17N5O2S/c1-6-12(8(3)20)7(2)17-13(6)9(21)5-22-14-18-10(15)4-11(16)19-14/h4,17H,5H2,1-3H3,(H4,15,16,18,19). The number of rotatable bonds is 5. The van der Waals surface area contributed by atoms with Crippen LogP contribution in [0.15, 0.2) is 11.2 Å². The normalized spacial score (nSPS) is 10.7. The molecule has 0 spiro atoms. The number of nitrogens with one attached hydrogen (secondary N) is 1. The fourth-order valence-electron chi connectivity index (χ4n) is 2.29. The lowest BCUT2D eigenvalue weighted by Crippen LogP contribution is -2.07. The molecule has 0 aliphatic heterocycles. The predicted molar refractivity (Wildman–Crippen MR) is 86.2 cm³/mol. The summed E-state index contributed by atoms with van der Waals surface area (Å²) in [5.74, 6) is 0.440. The minimum atomic E-state index is -0.136. The lowest BCUT2D eigenvalue weighted by Gasteiger charge is -2.03. The number of carbonyl (C=O) groups is 2. The van der Waals surface area contributed by atoms with E-state index in [2.05, 4.69) is 15.0 Å². The third-order valence-corrected chi connectivity index (χ3v) is 3.99. The molecule has 0 bridgehead atoms. The number of ketones is 2. The number of hydrogen-bond acceptors (Lipinski definition) is 7. The summed E-state index contributed by atoms with van der Waals surface area (Å²) in [7, 11) is 0. The first kappa shape index (κ1) is 16.0. The maximum absolute atomic E-state index is 12.3. The Bertz CT molecular complexity index is 734. The molecule has 0 aliphatic carbocycles. The molecule has 2 aromatic rings. The van der Waals surface area contributed by atoms with Crippen LogP contribution in [-0.4, -0.2) is 32.3 Å². The fourth-order valence-corrected chi connectivity index (χ4v) is 3.03. The van der Waals surface area contributed by atoms with Gasteiger partial charge >= 0.3 is 0 Å². The molecule has 2 heterocycles. The molecule has 0 saturated carbocycles. The Morgan fingerprint density at radius 3 is 2.32 bits per heavy atom. The topological polar surface area (TPSA) is 128 Å². The zero-order chi connectivity index (χ0) is 16.4. The van der Waals surface area contributed by atoms with E-state index in [1.54, 1.807) is 13.8 Å². The van der Waals surface area contributed by atoms with Gasteiger partial charge in [0, 0.05) is 17.3 Å². The van der Waals surface area contributed by atoms with Gasteiger partial charge in [0.15, 0.2) is 16.7 Å². The molecule has 0 atom stereocenters. The molecule has 0 radical (unpaired) electrons. The van der Waals surface area contributed by atoms with Crippen molar-refractivity contribution in [2.45, 2.75) is 25.9 Å². The molecular weight excluding hydrogens is 302 g/mol. The van der Waals surface area contributed by atoms with E-state index >= 15 is 0 Å². The van der Waals surface area contributed by atoms with Crippen LogP contribution in [0.5, 0.6) is 0 Å². The SMILES string of the molecule is CC(=O)c1c(C)[nH]c(C(=O)CSc2nc(N)cc(N)n2)c1C. The largest absolute Gasteiger partial charge is 0.383 e. The quantitative estimate of drug-likeness (QED) is 0.435. The first-order valence-corrected chi connectivity index (χ1v) is 7.54. The monoisotopic (exact) mass is 319 g/mol. The highest BCUT2D eigenvalue weighted by Gasteiger charge is 2.20. The van der Waals surface area contributed by atoms with Crippen molar-refractivity contribution < 1.29 is 9.59 Å². The molecule has 0 unspecified atom stereocenters. The van der Waals surface area contributed by atoms with Gasteiger partial charge in [-0.25, -0.2) is 9.97 Å². The smallest absolute Gasteiger partial charge is 0.191 e. The Balaban J connectivity index is 2.16. The number of aryl methyl sites for hydroxylation is 1. The van der Waals surface area contributed by atoms with Crippen LogP contribution in [0.2, 0.25) is 0 Å². The average Bonchev–Trinajstić information content (AvgIpc) is 2.70. The molecule has 22 heavy (non-hydrogen) atoms. The van der Waals surface area contributed by atoms with E-state index in [1.807, 2.05) is 0 Å². The number of thioether (sulfide) groups is 1. The fraction of sp³-hybridized carbons (Fsp3) is 0.286. The van der Waals surface area contributed by atoms with Crippen LogP contribution in [0.1, 0.15) is 39.0 Å². The second kappa shape index (κ2) is 6.18. The number of aromatic nitrogens is 3. The van der Waals surface area contributed by atoms with Crippen molar-refractivity contribution in [3.8, 4) is 0 Å². The highest BCUT2D eigenvalue weighted by molar-refractivity contribution is 7.99. The first-order chi connectivity index (χ1) is 10.3. The Hall–Kier alpha value is -2.35. The second-order valence-corrected chi connectivity index (χ2v) is 5.84. The Labute approximate surface area is 131 Å². The number of nitrogens with zero attached hydrogens (tertiary/aromatic N) is 2. The van der Waals surface area contributed by atoms with E-state index in [4.69, 9.17) is 11.5 Å². The third-order valence-electron chi connectivity index (χ3n) is 3.15. The summed E-state index contributed by atoms with van der Waals surface area (Å²) < 4.78 is 0.